The fourth-order valence-electron chi connectivity index (χ4n) is 4.96. The van der Waals surface area contributed by atoms with E-state index in [1.54, 1.807) is 52.5 Å². The first-order valence-electron chi connectivity index (χ1n) is 13.7. The quantitative estimate of drug-likeness (QED) is 0.0850. The average molecular weight is 643 g/mol. The Bertz CT molecular complexity index is 1780. The van der Waals surface area contributed by atoms with Gasteiger partial charge in [-0.25, -0.2) is 4.68 Å². The summed E-state index contributed by atoms with van der Waals surface area (Å²) >= 11 is 9.57. The Morgan fingerprint density at radius 3 is 2.11 bits per heavy atom. The lowest BCUT2D eigenvalue weighted by molar-refractivity contribution is 0.0992. The van der Waals surface area contributed by atoms with E-state index in [1.165, 1.54) is 4.90 Å². The summed E-state index contributed by atoms with van der Waals surface area (Å²) in [5.41, 5.74) is 15.0. The number of nitrogens with zero attached hydrogens (tertiary/aromatic N) is 2. The van der Waals surface area contributed by atoms with E-state index < -0.39 is 5.91 Å². The average Bonchev–Trinajstić information content (AvgIpc) is 3.46. The Morgan fingerprint density at radius 1 is 0.864 bits per heavy atom. The molecule has 0 spiro atoms. The molecule has 0 unspecified atom stereocenters. The minimum absolute atomic E-state index is 0.278. The molecule has 0 atom stereocenters. The fraction of sp³-hybridized carbons (Fsp3) is 0.121. The molecule has 0 aliphatic heterocycles. The van der Waals surface area contributed by atoms with Crippen molar-refractivity contribution in [1.29, 1.82) is 0 Å². The molecule has 1 aromatic heterocycles. The van der Waals surface area contributed by atoms with E-state index in [0.29, 0.717) is 22.7 Å². The maximum atomic E-state index is 12.8. The summed E-state index contributed by atoms with van der Waals surface area (Å²) in [6, 6.07) is 28.6. The Balaban J connectivity index is 0.000000328. The van der Waals surface area contributed by atoms with Crippen molar-refractivity contribution >= 4 is 58.3 Å². The minimum atomic E-state index is -0.553. The molecular weight excluding hydrogens is 612 g/mol. The predicted molar refractivity (Wildman–Crippen MR) is 182 cm³/mol. The number of carbonyl (C=O) groups excluding carboxylic acids is 2. The van der Waals surface area contributed by atoms with E-state index in [1.807, 2.05) is 79.2 Å². The number of rotatable bonds is 7. The maximum absolute atomic E-state index is 12.8. The second-order valence-corrected chi connectivity index (χ2v) is 12.0. The van der Waals surface area contributed by atoms with Crippen LogP contribution < -0.4 is 22.3 Å². The Kier molecular flexibility index (Phi) is 9.96. The molecule has 44 heavy (non-hydrogen) atoms. The fourth-order valence-corrected chi connectivity index (χ4v) is 5.99. The van der Waals surface area contributed by atoms with Crippen LogP contribution in [0.25, 0.3) is 16.9 Å². The van der Waals surface area contributed by atoms with Crippen LogP contribution in [0.15, 0.2) is 101 Å². The predicted octanol–water partition coefficient (Wildman–Crippen LogP) is 7.06. The van der Waals surface area contributed by atoms with Gasteiger partial charge in [0.05, 0.1) is 22.0 Å². The zero-order valence-corrected chi connectivity index (χ0v) is 26.5. The number of hydrogen-bond acceptors (Lipinski definition) is 7. The summed E-state index contributed by atoms with van der Waals surface area (Å²) in [5, 5.41) is 7.92. The molecule has 4 aromatic carbocycles. The van der Waals surface area contributed by atoms with E-state index in [-0.39, 0.29) is 11.6 Å². The van der Waals surface area contributed by atoms with Gasteiger partial charge in [0.2, 0.25) is 0 Å². The number of primary amides is 1. The number of hydrazine groups is 1. The Labute approximate surface area is 269 Å². The molecule has 5 aromatic rings. The molecule has 2 amide bonds. The molecule has 11 heteroatoms. The molecule has 0 radical (unpaired) electrons. The Hall–Kier alpha value is -4.22. The van der Waals surface area contributed by atoms with Crippen molar-refractivity contribution in [2.45, 2.75) is 22.6 Å². The molecule has 6 rings (SSSR count). The number of nitrogen functional groups attached to an aromatic ring is 1. The van der Waals surface area contributed by atoms with Crippen LogP contribution in [0.2, 0.25) is 5.02 Å². The molecule has 1 aliphatic rings. The number of aryl methyl sites for hydroxylation is 1. The highest BCUT2D eigenvalue weighted by atomic mass is 35.5. The van der Waals surface area contributed by atoms with E-state index in [2.05, 4.69) is 15.8 Å². The summed E-state index contributed by atoms with van der Waals surface area (Å²) < 4.78 is 1.77. The molecule has 224 valence electrons. The highest BCUT2D eigenvalue weighted by Crippen LogP contribution is 2.38. The largest absolute Gasteiger partial charge is 0.364 e. The van der Waals surface area contributed by atoms with Crippen LogP contribution in [0.1, 0.15) is 32.0 Å². The maximum Gasteiger partial charge on any atom is 0.269 e. The number of hydrogen-bond donors (Lipinski definition) is 4. The van der Waals surface area contributed by atoms with Crippen LogP contribution in [-0.2, 0) is 12.8 Å². The zero-order chi connectivity index (χ0) is 31.2. The smallest absolute Gasteiger partial charge is 0.269 e. The van der Waals surface area contributed by atoms with Crippen LogP contribution in [-0.4, -0.2) is 34.1 Å². The van der Waals surface area contributed by atoms with Gasteiger partial charge in [0, 0.05) is 32.3 Å². The number of anilines is 2. The van der Waals surface area contributed by atoms with Gasteiger partial charge in [-0.3, -0.25) is 15.4 Å². The second kappa shape index (κ2) is 14.0. The van der Waals surface area contributed by atoms with Crippen molar-refractivity contribution in [3.8, 4) is 16.9 Å². The van der Waals surface area contributed by atoms with Crippen molar-refractivity contribution in [3.63, 3.8) is 0 Å². The third kappa shape index (κ3) is 6.79. The van der Waals surface area contributed by atoms with Gasteiger partial charge >= 0.3 is 0 Å². The monoisotopic (exact) mass is 642 g/mol. The van der Waals surface area contributed by atoms with Gasteiger partial charge in [-0.05, 0) is 104 Å². The number of nitrogens with two attached hydrogens (primary N) is 2. The standard InChI is InChI=1S/C26H21ClN4O2S.C7H10N2S/c1-34-18-11-9-17(10-12-18)31-24-20(23(30-31)25(28)32)13-7-15-6-8-16(14-21(15)24)29-26(33)19-4-2-3-5-22(19)27;1-10-7-4-2-6(9-8)3-5-7/h2-6,8-12,14H,7,13H2,1H3,(H2,28,32)(H,29,33);2-5,9H,8H2,1H3. The van der Waals surface area contributed by atoms with Crippen molar-refractivity contribution < 1.29 is 9.59 Å². The molecule has 0 saturated heterocycles. The lowest BCUT2D eigenvalue weighted by Gasteiger charge is -2.20. The molecule has 8 nitrogen and oxygen atoms in total. The topological polar surface area (TPSA) is 128 Å². The van der Waals surface area contributed by atoms with Gasteiger partial charge in [-0.1, -0.05) is 29.8 Å². The van der Waals surface area contributed by atoms with Crippen molar-refractivity contribution in [2.75, 3.05) is 23.3 Å². The van der Waals surface area contributed by atoms with Crippen LogP contribution in [0, 0.1) is 0 Å². The third-order valence-electron chi connectivity index (χ3n) is 7.18. The zero-order valence-electron chi connectivity index (χ0n) is 24.1. The number of benzene rings is 4. The summed E-state index contributed by atoms with van der Waals surface area (Å²) in [6.07, 6.45) is 5.48. The molecule has 0 fully saturated rings. The molecule has 1 heterocycles. The van der Waals surface area contributed by atoms with Crippen molar-refractivity contribution in [3.05, 3.63) is 118 Å². The number of nitrogens with one attached hydrogen (secondary N) is 2. The molecule has 0 saturated carbocycles. The first-order chi connectivity index (χ1) is 21.3. The van der Waals surface area contributed by atoms with Crippen molar-refractivity contribution in [1.82, 2.24) is 9.78 Å². The van der Waals surface area contributed by atoms with Gasteiger partial charge in [0.15, 0.2) is 5.69 Å². The summed E-state index contributed by atoms with van der Waals surface area (Å²) in [4.78, 5) is 27.4. The lowest BCUT2D eigenvalue weighted by atomic mass is 9.88. The Morgan fingerprint density at radius 2 is 1.50 bits per heavy atom. The number of fused-ring (bicyclic) bond motifs is 3. The van der Waals surface area contributed by atoms with E-state index in [4.69, 9.17) is 23.2 Å². The van der Waals surface area contributed by atoms with Gasteiger partial charge in [0.1, 0.15) is 0 Å². The van der Waals surface area contributed by atoms with E-state index >= 15 is 0 Å². The van der Waals surface area contributed by atoms with E-state index in [9.17, 15) is 9.59 Å². The minimum Gasteiger partial charge on any atom is -0.364 e. The summed E-state index contributed by atoms with van der Waals surface area (Å²) in [5.74, 6) is 4.34. The highest BCUT2D eigenvalue weighted by Gasteiger charge is 2.28. The lowest BCUT2D eigenvalue weighted by Crippen LogP contribution is -2.15. The normalized spacial score (nSPS) is 11.5. The van der Waals surface area contributed by atoms with Crippen molar-refractivity contribution in [2.24, 2.45) is 11.6 Å². The molecule has 6 N–H and O–H groups in total. The highest BCUT2D eigenvalue weighted by molar-refractivity contribution is 7.98. The number of thioether (sulfide) groups is 2. The van der Waals surface area contributed by atoms with Crippen LogP contribution in [0.4, 0.5) is 11.4 Å². The van der Waals surface area contributed by atoms with Crippen LogP contribution >= 0.6 is 35.1 Å². The van der Waals surface area contributed by atoms with Crippen LogP contribution in [0.3, 0.4) is 0 Å². The van der Waals surface area contributed by atoms with E-state index in [0.717, 1.165) is 45.1 Å². The first-order valence-corrected chi connectivity index (χ1v) is 16.5. The SMILES string of the molecule is CSc1ccc(-n2nc(C(N)=O)c3c2-c2cc(NC(=O)c4ccccc4Cl)ccc2CC3)cc1.CSc1ccc(NN)cc1. The molecular formula is C33H31ClN6O2S2. The summed E-state index contributed by atoms with van der Waals surface area (Å²) in [7, 11) is 0. The summed E-state index contributed by atoms with van der Waals surface area (Å²) in [6.45, 7) is 0. The second-order valence-electron chi connectivity index (χ2n) is 9.83. The number of aromatic nitrogens is 2. The van der Waals surface area contributed by atoms with Crippen LogP contribution in [0.5, 0.6) is 0 Å². The van der Waals surface area contributed by atoms with Gasteiger partial charge in [-0.15, -0.1) is 23.5 Å². The molecule has 0 bridgehead atoms. The molecule has 1 aliphatic carbocycles. The number of carbonyl (C=O) groups is 2. The number of halogens is 1. The first kappa shape index (κ1) is 31.2. The van der Waals surface area contributed by atoms with Gasteiger partial charge < -0.3 is 16.5 Å². The van der Waals surface area contributed by atoms with Gasteiger partial charge in [-0.2, -0.15) is 5.10 Å². The number of amides is 2. The third-order valence-corrected chi connectivity index (χ3v) is 8.99. The van der Waals surface area contributed by atoms with Gasteiger partial charge in [0.25, 0.3) is 11.8 Å².